The third-order valence-corrected chi connectivity index (χ3v) is 5.83. The number of hydrogen-bond acceptors (Lipinski definition) is 4. The quantitative estimate of drug-likeness (QED) is 0.846. The number of hydrogen-bond donors (Lipinski definition) is 0. The molecule has 0 aromatic carbocycles. The Bertz CT molecular complexity index is 827. The van der Waals surface area contributed by atoms with Crippen molar-refractivity contribution in [3.05, 3.63) is 23.0 Å². The first-order valence-corrected chi connectivity index (χ1v) is 9.96. The van der Waals surface area contributed by atoms with Gasteiger partial charge in [0.25, 0.3) is 5.91 Å². The smallest absolute Gasteiger partial charge is 0.254 e. The van der Waals surface area contributed by atoms with Crippen LogP contribution >= 0.6 is 0 Å². The first-order valence-electron chi connectivity index (χ1n) is 9.96. The number of carbonyl (C=O) groups excluding carboxylic acids is 1. The fourth-order valence-corrected chi connectivity index (χ4v) is 4.46. The van der Waals surface area contributed by atoms with E-state index in [-0.39, 0.29) is 5.91 Å². The summed E-state index contributed by atoms with van der Waals surface area (Å²) >= 11 is 0. The van der Waals surface area contributed by atoms with Gasteiger partial charge in [0.2, 0.25) is 0 Å². The molecular weight excluding hydrogens is 326 g/mol. The minimum atomic E-state index is 0.144. The van der Waals surface area contributed by atoms with Gasteiger partial charge in [-0.2, -0.15) is 5.10 Å². The summed E-state index contributed by atoms with van der Waals surface area (Å²) in [7, 11) is 0. The maximum atomic E-state index is 13.4. The molecule has 0 radical (unpaired) electrons. The molecule has 2 fully saturated rings. The highest BCUT2D eigenvalue weighted by molar-refractivity contribution is 6.06. The first kappa shape index (κ1) is 17.5. The monoisotopic (exact) mass is 355 g/mol. The molecule has 6 heteroatoms. The summed E-state index contributed by atoms with van der Waals surface area (Å²) in [4.78, 5) is 22.7. The molecule has 1 atom stereocenters. The third kappa shape index (κ3) is 3.00. The van der Waals surface area contributed by atoms with Gasteiger partial charge in [-0.3, -0.25) is 9.69 Å². The van der Waals surface area contributed by atoms with Crippen LogP contribution in [0.5, 0.6) is 0 Å². The largest absolute Gasteiger partial charge is 0.336 e. The van der Waals surface area contributed by atoms with E-state index in [1.165, 1.54) is 19.4 Å². The van der Waals surface area contributed by atoms with Gasteiger partial charge in [0.1, 0.15) is 0 Å². The number of unbranched alkanes of at least 4 members (excludes halogenated alkanes) is 1. The van der Waals surface area contributed by atoms with Crippen LogP contribution < -0.4 is 0 Å². The van der Waals surface area contributed by atoms with Gasteiger partial charge in [0, 0.05) is 37.9 Å². The normalized spacial score (nSPS) is 20.7. The van der Waals surface area contributed by atoms with Gasteiger partial charge >= 0.3 is 0 Å². The van der Waals surface area contributed by atoms with E-state index in [9.17, 15) is 4.79 Å². The lowest BCUT2D eigenvalue weighted by Gasteiger charge is -2.37. The average molecular weight is 355 g/mol. The Morgan fingerprint density at radius 3 is 2.92 bits per heavy atom. The molecule has 6 nitrogen and oxygen atoms in total. The highest BCUT2D eigenvalue weighted by Gasteiger charge is 2.33. The fraction of sp³-hybridized carbons (Fsp3) is 0.650. The molecule has 0 bridgehead atoms. The second-order valence-electron chi connectivity index (χ2n) is 7.76. The van der Waals surface area contributed by atoms with Gasteiger partial charge in [-0.05, 0) is 45.7 Å². The predicted molar refractivity (Wildman–Crippen MR) is 102 cm³/mol. The zero-order chi connectivity index (χ0) is 18.3. The van der Waals surface area contributed by atoms with Crippen LogP contribution in [-0.2, 0) is 6.54 Å². The van der Waals surface area contributed by atoms with E-state index >= 15 is 0 Å². The molecule has 0 aliphatic carbocycles. The lowest BCUT2D eigenvalue weighted by atomic mass is 10.1. The summed E-state index contributed by atoms with van der Waals surface area (Å²) < 4.78 is 1.98. The number of rotatable bonds is 4. The van der Waals surface area contributed by atoms with Gasteiger partial charge in [0.05, 0.1) is 16.6 Å². The third-order valence-electron chi connectivity index (χ3n) is 5.83. The molecule has 0 N–H and O–H groups in total. The van der Waals surface area contributed by atoms with E-state index in [1.807, 2.05) is 29.5 Å². The molecule has 0 saturated carbocycles. The number of piperazine rings is 1. The number of aromatic nitrogens is 3. The Morgan fingerprint density at radius 1 is 1.27 bits per heavy atom. The van der Waals surface area contributed by atoms with Crippen LogP contribution in [0.2, 0.25) is 0 Å². The van der Waals surface area contributed by atoms with Crippen molar-refractivity contribution < 1.29 is 4.79 Å². The summed E-state index contributed by atoms with van der Waals surface area (Å²) in [6.07, 6.45) is 4.65. The highest BCUT2D eigenvalue weighted by atomic mass is 16.2. The Balaban J connectivity index is 1.69. The molecule has 2 aliphatic heterocycles. The topological polar surface area (TPSA) is 54.3 Å². The average Bonchev–Trinajstić information content (AvgIpc) is 3.22. The Morgan fingerprint density at radius 2 is 2.12 bits per heavy atom. The lowest BCUT2D eigenvalue weighted by molar-refractivity contribution is 0.0573. The first-order chi connectivity index (χ1) is 12.6. The van der Waals surface area contributed by atoms with Crippen LogP contribution in [0.3, 0.4) is 0 Å². The summed E-state index contributed by atoms with van der Waals surface area (Å²) in [6.45, 7) is 10.9. The number of aryl methyl sites for hydroxylation is 3. The molecule has 2 aliphatic rings. The lowest BCUT2D eigenvalue weighted by Crippen LogP contribution is -2.52. The molecule has 1 amide bonds. The van der Waals surface area contributed by atoms with Crippen LogP contribution in [0.15, 0.2) is 6.07 Å². The Hall–Kier alpha value is -1.95. The van der Waals surface area contributed by atoms with E-state index in [4.69, 9.17) is 4.98 Å². The predicted octanol–water partition coefficient (Wildman–Crippen LogP) is 2.77. The molecular formula is C20H29N5O. The van der Waals surface area contributed by atoms with Crippen LogP contribution in [0.1, 0.15) is 54.4 Å². The summed E-state index contributed by atoms with van der Waals surface area (Å²) in [5.74, 6) is 0.144. The maximum Gasteiger partial charge on any atom is 0.254 e. The van der Waals surface area contributed by atoms with E-state index < -0.39 is 0 Å². The van der Waals surface area contributed by atoms with E-state index in [0.717, 1.165) is 67.0 Å². The van der Waals surface area contributed by atoms with E-state index in [2.05, 4.69) is 16.9 Å². The Kier molecular flexibility index (Phi) is 4.69. The molecule has 140 valence electrons. The molecule has 4 rings (SSSR count). The van der Waals surface area contributed by atoms with Crippen LogP contribution in [0, 0.1) is 13.8 Å². The zero-order valence-electron chi connectivity index (χ0n) is 16.2. The number of nitrogens with zero attached hydrogens (tertiary/aromatic N) is 5. The molecule has 2 saturated heterocycles. The van der Waals surface area contributed by atoms with Crippen molar-refractivity contribution in [3.63, 3.8) is 0 Å². The van der Waals surface area contributed by atoms with Gasteiger partial charge in [0.15, 0.2) is 5.65 Å². The van der Waals surface area contributed by atoms with Crippen LogP contribution in [0.25, 0.3) is 11.0 Å². The van der Waals surface area contributed by atoms with Gasteiger partial charge < -0.3 is 4.90 Å². The second-order valence-corrected chi connectivity index (χ2v) is 7.76. The number of carbonyl (C=O) groups is 1. The summed E-state index contributed by atoms with van der Waals surface area (Å²) in [6, 6.07) is 2.49. The Labute approximate surface area is 155 Å². The standard InChI is InChI=1S/C20H29N5O/c1-4-5-9-25-19-18(15(3)22-25)17(12-14(2)21-19)20(26)24-11-10-23-8-6-7-16(23)13-24/h12,16H,4-11,13H2,1-3H3/t16-/m1/s1. The van der Waals surface area contributed by atoms with Crippen molar-refractivity contribution in [1.82, 2.24) is 24.6 Å². The summed E-state index contributed by atoms with van der Waals surface area (Å²) in [5.41, 5.74) is 3.43. The van der Waals surface area contributed by atoms with E-state index in [1.54, 1.807) is 0 Å². The minimum Gasteiger partial charge on any atom is -0.336 e. The van der Waals surface area contributed by atoms with Crippen molar-refractivity contribution in [3.8, 4) is 0 Å². The maximum absolute atomic E-state index is 13.4. The molecule has 0 unspecified atom stereocenters. The van der Waals surface area contributed by atoms with Gasteiger partial charge in [-0.15, -0.1) is 0 Å². The number of fused-ring (bicyclic) bond motifs is 2. The molecule has 26 heavy (non-hydrogen) atoms. The van der Waals surface area contributed by atoms with Gasteiger partial charge in [-0.25, -0.2) is 9.67 Å². The zero-order valence-corrected chi connectivity index (χ0v) is 16.2. The van der Waals surface area contributed by atoms with Crippen molar-refractivity contribution >= 4 is 16.9 Å². The van der Waals surface area contributed by atoms with Crippen molar-refractivity contribution in [1.29, 1.82) is 0 Å². The molecule has 0 spiro atoms. The summed E-state index contributed by atoms with van der Waals surface area (Å²) in [5, 5.41) is 5.62. The molecule has 4 heterocycles. The van der Waals surface area contributed by atoms with Gasteiger partial charge in [-0.1, -0.05) is 13.3 Å². The van der Waals surface area contributed by atoms with Crippen molar-refractivity contribution in [2.24, 2.45) is 0 Å². The number of amides is 1. The second kappa shape index (κ2) is 6.99. The molecule has 2 aromatic heterocycles. The minimum absolute atomic E-state index is 0.144. The van der Waals surface area contributed by atoms with Crippen LogP contribution in [0.4, 0.5) is 0 Å². The van der Waals surface area contributed by atoms with Crippen molar-refractivity contribution in [2.75, 3.05) is 26.2 Å². The number of pyridine rings is 1. The van der Waals surface area contributed by atoms with Crippen LogP contribution in [-0.4, -0.2) is 62.7 Å². The van der Waals surface area contributed by atoms with E-state index in [0.29, 0.717) is 6.04 Å². The highest BCUT2D eigenvalue weighted by Crippen LogP contribution is 2.27. The SMILES string of the molecule is CCCCn1nc(C)c2c(C(=O)N3CCN4CCC[C@@H]4C3)cc(C)nc21. The molecule has 2 aromatic rings. The fourth-order valence-electron chi connectivity index (χ4n) is 4.46. The van der Waals surface area contributed by atoms with Crippen molar-refractivity contribution in [2.45, 2.75) is 59.0 Å².